The van der Waals surface area contributed by atoms with Gasteiger partial charge in [-0.2, -0.15) is 0 Å². The van der Waals surface area contributed by atoms with Crippen LogP contribution < -0.4 is 0 Å². The van der Waals surface area contributed by atoms with Crippen LogP contribution in [0.25, 0.3) is 0 Å². The van der Waals surface area contributed by atoms with Gasteiger partial charge in [-0.05, 0) is 24.8 Å². The highest BCUT2D eigenvalue weighted by Crippen LogP contribution is 2.27. The summed E-state index contributed by atoms with van der Waals surface area (Å²) in [6.07, 6.45) is 1.52. The molecule has 1 aromatic heterocycles. The van der Waals surface area contributed by atoms with Crippen molar-refractivity contribution in [3.05, 3.63) is 21.9 Å². The van der Waals surface area contributed by atoms with Gasteiger partial charge >= 0.3 is 5.97 Å². The van der Waals surface area contributed by atoms with Gasteiger partial charge in [0, 0.05) is 6.54 Å². The lowest BCUT2D eigenvalue weighted by Gasteiger charge is -2.37. The van der Waals surface area contributed by atoms with Crippen LogP contribution in [0.15, 0.2) is 6.07 Å². The Kier molecular flexibility index (Phi) is 4.45. The van der Waals surface area contributed by atoms with Gasteiger partial charge in [-0.3, -0.25) is 4.79 Å². The average molecular weight is 318 g/mol. The molecule has 2 rings (SSSR count). The second kappa shape index (κ2) is 5.93. The van der Waals surface area contributed by atoms with E-state index in [-0.39, 0.29) is 21.8 Å². The van der Waals surface area contributed by atoms with E-state index in [4.69, 9.17) is 23.2 Å². The topological polar surface area (TPSA) is 83.4 Å². The van der Waals surface area contributed by atoms with E-state index in [9.17, 15) is 14.7 Å². The molecule has 0 spiro atoms. The zero-order valence-electron chi connectivity index (χ0n) is 10.7. The summed E-state index contributed by atoms with van der Waals surface area (Å²) in [5.74, 6) is -1.62. The van der Waals surface area contributed by atoms with E-state index in [0.29, 0.717) is 6.54 Å². The minimum Gasteiger partial charge on any atom is -0.480 e. The van der Waals surface area contributed by atoms with Gasteiger partial charge in [-0.1, -0.05) is 30.1 Å². The standard InChI is InChI=1S/C12H13Cl2N3O3/c1-6-3-2-4-17(9(6)12(19)20)11(18)7-5-8(13)15-16-10(7)14/h5-6,9H,2-4H2,1H3,(H,19,20). The molecule has 2 atom stereocenters. The van der Waals surface area contributed by atoms with Crippen molar-refractivity contribution < 1.29 is 14.7 Å². The molecule has 0 aliphatic carbocycles. The molecule has 1 aromatic rings. The number of likely N-dealkylation sites (tertiary alicyclic amines) is 1. The van der Waals surface area contributed by atoms with E-state index in [1.54, 1.807) is 0 Å². The number of carbonyl (C=O) groups excluding carboxylic acids is 1. The first-order valence-electron chi connectivity index (χ1n) is 6.14. The Morgan fingerprint density at radius 1 is 1.40 bits per heavy atom. The summed E-state index contributed by atoms with van der Waals surface area (Å²) in [6, 6.07) is 0.441. The van der Waals surface area contributed by atoms with Crippen molar-refractivity contribution in [3.8, 4) is 0 Å². The van der Waals surface area contributed by atoms with Crippen molar-refractivity contribution in [2.45, 2.75) is 25.8 Å². The van der Waals surface area contributed by atoms with Crippen molar-refractivity contribution in [2.75, 3.05) is 6.54 Å². The van der Waals surface area contributed by atoms with Gasteiger partial charge in [-0.15, -0.1) is 10.2 Å². The maximum absolute atomic E-state index is 12.5. The molecule has 1 amide bonds. The zero-order valence-corrected chi connectivity index (χ0v) is 12.2. The van der Waals surface area contributed by atoms with Crippen LogP contribution in [-0.2, 0) is 4.79 Å². The van der Waals surface area contributed by atoms with Crippen molar-refractivity contribution in [1.29, 1.82) is 0 Å². The lowest BCUT2D eigenvalue weighted by atomic mass is 9.90. The van der Waals surface area contributed by atoms with Gasteiger partial charge in [0.25, 0.3) is 5.91 Å². The van der Waals surface area contributed by atoms with Gasteiger partial charge in [0.05, 0.1) is 5.56 Å². The SMILES string of the molecule is CC1CCCN(C(=O)c2cc(Cl)nnc2Cl)C1C(=O)O. The summed E-state index contributed by atoms with van der Waals surface area (Å²) >= 11 is 11.6. The molecule has 0 radical (unpaired) electrons. The summed E-state index contributed by atoms with van der Waals surface area (Å²) in [4.78, 5) is 25.2. The number of carbonyl (C=O) groups is 2. The summed E-state index contributed by atoms with van der Waals surface area (Å²) in [7, 11) is 0. The number of amides is 1. The number of piperidine rings is 1. The quantitative estimate of drug-likeness (QED) is 0.903. The number of nitrogens with zero attached hydrogens (tertiary/aromatic N) is 3. The summed E-state index contributed by atoms with van der Waals surface area (Å²) in [6.45, 7) is 2.19. The molecule has 0 saturated carbocycles. The highest BCUT2D eigenvalue weighted by atomic mass is 35.5. The van der Waals surface area contributed by atoms with E-state index >= 15 is 0 Å². The molecule has 1 aliphatic heterocycles. The number of aromatic nitrogens is 2. The smallest absolute Gasteiger partial charge is 0.326 e. The molecule has 2 unspecified atom stereocenters. The van der Waals surface area contributed by atoms with Crippen molar-refractivity contribution in [3.63, 3.8) is 0 Å². The molecular formula is C12H13Cl2N3O3. The fourth-order valence-electron chi connectivity index (χ4n) is 2.45. The lowest BCUT2D eigenvalue weighted by molar-refractivity contribution is -0.145. The van der Waals surface area contributed by atoms with Crippen LogP contribution in [0.5, 0.6) is 0 Å². The van der Waals surface area contributed by atoms with Gasteiger partial charge in [0.2, 0.25) is 0 Å². The van der Waals surface area contributed by atoms with Gasteiger partial charge in [0.1, 0.15) is 6.04 Å². The minimum absolute atomic E-state index is 0.0367. The number of hydrogen-bond acceptors (Lipinski definition) is 4. The number of carboxylic acids is 1. The number of halogens is 2. The molecular weight excluding hydrogens is 305 g/mol. The monoisotopic (exact) mass is 317 g/mol. The molecule has 0 aromatic carbocycles. The first-order valence-corrected chi connectivity index (χ1v) is 6.90. The van der Waals surface area contributed by atoms with E-state index < -0.39 is 17.9 Å². The Labute approximate surface area is 125 Å². The number of rotatable bonds is 2. The number of hydrogen-bond donors (Lipinski definition) is 1. The normalized spacial score (nSPS) is 22.6. The van der Waals surface area contributed by atoms with E-state index in [1.807, 2.05) is 6.92 Å². The Morgan fingerprint density at radius 3 is 2.75 bits per heavy atom. The van der Waals surface area contributed by atoms with Crippen LogP contribution in [-0.4, -0.2) is 44.7 Å². The van der Waals surface area contributed by atoms with E-state index in [1.165, 1.54) is 11.0 Å². The largest absolute Gasteiger partial charge is 0.480 e. The second-order valence-electron chi connectivity index (χ2n) is 4.77. The Bertz CT molecular complexity index is 553. The third-order valence-electron chi connectivity index (χ3n) is 3.40. The van der Waals surface area contributed by atoms with Crippen LogP contribution in [0.3, 0.4) is 0 Å². The Balaban J connectivity index is 2.35. The fourth-order valence-corrected chi connectivity index (χ4v) is 2.77. The second-order valence-corrected chi connectivity index (χ2v) is 5.52. The van der Waals surface area contributed by atoms with Gasteiger partial charge in [0.15, 0.2) is 10.3 Å². The highest BCUT2D eigenvalue weighted by molar-refractivity contribution is 6.34. The molecule has 6 nitrogen and oxygen atoms in total. The van der Waals surface area contributed by atoms with Crippen LogP contribution >= 0.6 is 23.2 Å². The molecule has 1 N–H and O–H groups in total. The third-order valence-corrected chi connectivity index (χ3v) is 3.86. The molecule has 1 saturated heterocycles. The van der Waals surface area contributed by atoms with Crippen molar-refractivity contribution in [1.82, 2.24) is 15.1 Å². The molecule has 20 heavy (non-hydrogen) atoms. The number of aliphatic carboxylic acids is 1. The average Bonchev–Trinajstić information content (AvgIpc) is 2.40. The van der Waals surface area contributed by atoms with Crippen LogP contribution in [0.4, 0.5) is 0 Å². The van der Waals surface area contributed by atoms with Crippen molar-refractivity contribution >= 4 is 35.1 Å². The molecule has 0 bridgehead atoms. The molecule has 8 heteroatoms. The number of carboxylic acid groups (broad SMARTS) is 1. The first-order chi connectivity index (χ1) is 9.41. The zero-order chi connectivity index (χ0) is 14.9. The summed E-state index contributed by atoms with van der Waals surface area (Å²) < 4.78 is 0. The van der Waals surface area contributed by atoms with Gasteiger partial charge in [-0.25, -0.2) is 4.79 Å². The third kappa shape index (κ3) is 2.86. The van der Waals surface area contributed by atoms with Crippen molar-refractivity contribution in [2.24, 2.45) is 5.92 Å². The van der Waals surface area contributed by atoms with Gasteiger partial charge < -0.3 is 10.0 Å². The minimum atomic E-state index is -1.02. The van der Waals surface area contributed by atoms with E-state index in [0.717, 1.165) is 12.8 Å². The lowest BCUT2D eigenvalue weighted by Crippen LogP contribution is -2.52. The predicted molar refractivity (Wildman–Crippen MR) is 72.9 cm³/mol. The summed E-state index contributed by atoms with van der Waals surface area (Å²) in [5.41, 5.74) is 0.0759. The maximum Gasteiger partial charge on any atom is 0.326 e. The molecule has 1 fully saturated rings. The Hall–Kier alpha value is -1.40. The maximum atomic E-state index is 12.5. The molecule has 108 valence electrons. The van der Waals surface area contributed by atoms with E-state index in [2.05, 4.69) is 10.2 Å². The first kappa shape index (κ1) is 15.0. The van der Waals surface area contributed by atoms with Crippen LogP contribution in [0, 0.1) is 5.92 Å². The Morgan fingerprint density at radius 2 is 2.10 bits per heavy atom. The highest BCUT2D eigenvalue weighted by Gasteiger charge is 2.38. The van der Waals surface area contributed by atoms with Crippen LogP contribution in [0.2, 0.25) is 10.3 Å². The molecule has 1 aliphatic rings. The predicted octanol–water partition coefficient (Wildman–Crippen LogP) is 2.11. The summed E-state index contributed by atoms with van der Waals surface area (Å²) in [5, 5.41) is 16.4. The fraction of sp³-hybridized carbons (Fsp3) is 0.500. The molecule has 2 heterocycles. The van der Waals surface area contributed by atoms with Crippen LogP contribution in [0.1, 0.15) is 30.1 Å².